The zero-order valence-electron chi connectivity index (χ0n) is 12.5. The average Bonchev–Trinajstić information content (AvgIpc) is 2.52. The zero-order valence-corrected chi connectivity index (χ0v) is 14.1. The van der Waals surface area contributed by atoms with E-state index in [-0.39, 0.29) is 5.82 Å². The number of rotatable bonds is 3. The average molecular weight is 355 g/mol. The van der Waals surface area contributed by atoms with Gasteiger partial charge in [-0.3, -0.25) is 0 Å². The highest BCUT2D eigenvalue weighted by Gasteiger charge is 2.31. The van der Waals surface area contributed by atoms with Crippen molar-refractivity contribution in [3.8, 4) is 0 Å². The maximum absolute atomic E-state index is 14.5. The van der Waals surface area contributed by atoms with E-state index in [0.717, 1.165) is 4.47 Å². The zero-order chi connectivity index (χ0) is 14.7. The fourth-order valence-corrected chi connectivity index (χ4v) is 4.26. The molecule has 0 N–H and O–H groups in total. The Hall–Kier alpha value is -0.640. The van der Waals surface area contributed by atoms with Crippen molar-refractivity contribution in [2.75, 3.05) is 4.90 Å². The van der Waals surface area contributed by atoms with Gasteiger partial charge in [0.05, 0.1) is 0 Å². The maximum Gasteiger partial charge on any atom is 0.166 e. The van der Waals surface area contributed by atoms with Crippen LogP contribution in [0.15, 0.2) is 16.7 Å². The first-order chi connectivity index (χ1) is 10.3. The first-order valence-corrected chi connectivity index (χ1v) is 9.14. The summed E-state index contributed by atoms with van der Waals surface area (Å²) in [6, 6.07) is 2.51. The monoisotopic (exact) mass is 354 g/mol. The minimum atomic E-state index is -0.180. The van der Waals surface area contributed by atoms with E-state index in [1.165, 1.54) is 64.2 Å². The predicted molar refractivity (Wildman–Crippen MR) is 88.1 cm³/mol. The molecule has 2 aliphatic carbocycles. The van der Waals surface area contributed by atoms with Crippen molar-refractivity contribution in [2.24, 2.45) is 0 Å². The third-order valence-electron chi connectivity index (χ3n) is 4.97. The molecule has 2 fully saturated rings. The molecule has 2 aliphatic rings. The Morgan fingerprint density at radius 2 is 1.48 bits per heavy atom. The van der Waals surface area contributed by atoms with Crippen LogP contribution >= 0.6 is 15.9 Å². The van der Waals surface area contributed by atoms with E-state index in [2.05, 4.69) is 25.8 Å². The molecular weight excluding hydrogens is 331 g/mol. The standard InChI is InChI=1S/C17H24BrFN2/c18-13-11-16(19)17(20-12-13)21(14-7-3-1-4-8-14)15-9-5-2-6-10-15/h11-12,14-15H,1-10H2. The Balaban J connectivity index is 1.89. The summed E-state index contributed by atoms with van der Waals surface area (Å²) >= 11 is 3.32. The van der Waals surface area contributed by atoms with Gasteiger partial charge in [-0.15, -0.1) is 0 Å². The lowest BCUT2D eigenvalue weighted by atomic mass is 9.88. The second kappa shape index (κ2) is 7.08. The summed E-state index contributed by atoms with van der Waals surface area (Å²) in [6.45, 7) is 0. The summed E-state index contributed by atoms with van der Waals surface area (Å²) in [5.41, 5.74) is 0. The van der Waals surface area contributed by atoms with E-state index >= 15 is 0 Å². The van der Waals surface area contributed by atoms with Gasteiger partial charge in [0.25, 0.3) is 0 Å². The molecule has 0 atom stereocenters. The maximum atomic E-state index is 14.5. The van der Waals surface area contributed by atoms with Crippen LogP contribution in [0.25, 0.3) is 0 Å². The normalized spacial score (nSPS) is 21.4. The third kappa shape index (κ3) is 3.58. The Bertz CT molecular complexity index is 450. The molecule has 4 heteroatoms. The van der Waals surface area contributed by atoms with E-state index in [0.29, 0.717) is 17.9 Å². The van der Waals surface area contributed by atoms with E-state index in [4.69, 9.17) is 0 Å². The summed E-state index contributed by atoms with van der Waals surface area (Å²) in [6.07, 6.45) is 14.2. The Labute approximate surface area is 135 Å². The van der Waals surface area contributed by atoms with Crippen molar-refractivity contribution >= 4 is 21.7 Å². The van der Waals surface area contributed by atoms with E-state index in [1.807, 2.05) is 0 Å². The van der Waals surface area contributed by atoms with E-state index < -0.39 is 0 Å². The van der Waals surface area contributed by atoms with E-state index in [9.17, 15) is 4.39 Å². The quantitative estimate of drug-likeness (QED) is 0.716. The second-order valence-corrected chi connectivity index (χ2v) is 7.37. The van der Waals surface area contributed by atoms with Crippen LogP contribution in [0.5, 0.6) is 0 Å². The van der Waals surface area contributed by atoms with Gasteiger partial charge in [-0.2, -0.15) is 0 Å². The Kier molecular flexibility index (Phi) is 5.15. The van der Waals surface area contributed by atoms with Gasteiger partial charge < -0.3 is 4.90 Å². The molecule has 0 radical (unpaired) electrons. The van der Waals surface area contributed by atoms with Gasteiger partial charge in [-0.1, -0.05) is 38.5 Å². The first-order valence-electron chi connectivity index (χ1n) is 8.35. The Morgan fingerprint density at radius 1 is 0.952 bits per heavy atom. The first kappa shape index (κ1) is 15.3. The number of nitrogens with zero attached hydrogens (tertiary/aromatic N) is 2. The lowest BCUT2D eigenvalue weighted by Gasteiger charge is -2.42. The highest BCUT2D eigenvalue weighted by molar-refractivity contribution is 9.10. The largest absolute Gasteiger partial charge is 0.348 e. The molecule has 0 bridgehead atoms. The molecule has 1 aromatic heterocycles. The molecule has 2 nitrogen and oxygen atoms in total. The highest BCUT2D eigenvalue weighted by atomic mass is 79.9. The van der Waals surface area contributed by atoms with Crippen LogP contribution in [-0.2, 0) is 0 Å². The van der Waals surface area contributed by atoms with Crippen LogP contribution in [0.2, 0.25) is 0 Å². The van der Waals surface area contributed by atoms with Gasteiger partial charge in [-0.25, -0.2) is 9.37 Å². The molecule has 0 amide bonds. The van der Waals surface area contributed by atoms with Crippen LogP contribution in [-0.4, -0.2) is 17.1 Å². The lowest BCUT2D eigenvalue weighted by molar-refractivity contribution is 0.334. The van der Waals surface area contributed by atoms with E-state index in [1.54, 1.807) is 12.3 Å². The summed E-state index contributed by atoms with van der Waals surface area (Å²) in [5, 5.41) is 0. The lowest BCUT2D eigenvalue weighted by Crippen LogP contribution is -2.46. The van der Waals surface area contributed by atoms with Crippen LogP contribution in [0, 0.1) is 5.82 Å². The third-order valence-corrected chi connectivity index (χ3v) is 5.40. The fraction of sp³-hybridized carbons (Fsp3) is 0.706. The molecule has 0 spiro atoms. The van der Waals surface area contributed by atoms with Crippen molar-refractivity contribution in [2.45, 2.75) is 76.3 Å². The molecule has 1 aromatic rings. The molecule has 116 valence electrons. The molecule has 0 saturated heterocycles. The van der Waals surface area contributed by atoms with Crippen molar-refractivity contribution in [3.05, 3.63) is 22.6 Å². The van der Waals surface area contributed by atoms with Crippen molar-refractivity contribution in [1.82, 2.24) is 4.98 Å². The molecule has 3 rings (SSSR count). The molecule has 0 aromatic carbocycles. The molecule has 21 heavy (non-hydrogen) atoms. The summed E-state index contributed by atoms with van der Waals surface area (Å²) in [5.74, 6) is 0.400. The van der Waals surface area contributed by atoms with Gasteiger partial charge in [0.2, 0.25) is 0 Å². The smallest absolute Gasteiger partial charge is 0.166 e. The van der Waals surface area contributed by atoms with Gasteiger partial charge in [-0.05, 0) is 47.7 Å². The topological polar surface area (TPSA) is 16.1 Å². The molecule has 0 aliphatic heterocycles. The number of pyridine rings is 1. The molecule has 1 heterocycles. The van der Waals surface area contributed by atoms with Gasteiger partial charge >= 0.3 is 0 Å². The molecule has 0 unspecified atom stereocenters. The van der Waals surface area contributed by atoms with Crippen molar-refractivity contribution in [1.29, 1.82) is 0 Å². The number of anilines is 1. The number of hydrogen-bond acceptors (Lipinski definition) is 2. The number of halogens is 2. The molecular formula is C17H24BrFN2. The fourth-order valence-electron chi connectivity index (χ4n) is 3.96. The summed E-state index contributed by atoms with van der Waals surface area (Å²) in [7, 11) is 0. The van der Waals surface area contributed by atoms with Gasteiger partial charge in [0.1, 0.15) is 0 Å². The SMILES string of the molecule is Fc1cc(Br)cnc1N(C1CCCCC1)C1CCCCC1. The summed E-state index contributed by atoms with van der Waals surface area (Å²) in [4.78, 5) is 6.78. The minimum absolute atomic E-state index is 0.180. The predicted octanol–water partition coefficient (Wildman–Crippen LogP) is 5.46. The van der Waals surface area contributed by atoms with Crippen LogP contribution in [0.4, 0.5) is 10.2 Å². The number of hydrogen-bond donors (Lipinski definition) is 0. The summed E-state index contributed by atoms with van der Waals surface area (Å²) < 4.78 is 15.2. The van der Waals surface area contributed by atoms with Crippen LogP contribution < -0.4 is 4.90 Å². The van der Waals surface area contributed by atoms with Crippen LogP contribution in [0.3, 0.4) is 0 Å². The Morgan fingerprint density at radius 3 is 1.95 bits per heavy atom. The van der Waals surface area contributed by atoms with Crippen LogP contribution in [0.1, 0.15) is 64.2 Å². The second-order valence-electron chi connectivity index (χ2n) is 6.45. The highest BCUT2D eigenvalue weighted by Crippen LogP contribution is 2.34. The van der Waals surface area contributed by atoms with Gasteiger partial charge in [0.15, 0.2) is 11.6 Å². The van der Waals surface area contributed by atoms with Crippen molar-refractivity contribution in [3.63, 3.8) is 0 Å². The molecule has 2 saturated carbocycles. The minimum Gasteiger partial charge on any atom is -0.348 e. The van der Waals surface area contributed by atoms with Crippen molar-refractivity contribution < 1.29 is 4.39 Å². The van der Waals surface area contributed by atoms with Gasteiger partial charge in [0, 0.05) is 22.8 Å². The number of aromatic nitrogens is 1.